The van der Waals surface area contributed by atoms with Crippen molar-refractivity contribution in [2.75, 3.05) is 10.2 Å². The second-order valence-corrected chi connectivity index (χ2v) is 14.6. The Kier molecular flexibility index (Phi) is 8.41. The highest BCUT2D eigenvalue weighted by Crippen LogP contribution is 2.45. The van der Waals surface area contributed by atoms with Crippen molar-refractivity contribution >= 4 is 27.4 Å². The van der Waals surface area contributed by atoms with E-state index in [1.54, 1.807) is 11.3 Å². The number of benzene rings is 1. The summed E-state index contributed by atoms with van der Waals surface area (Å²) in [6.07, 6.45) is 13.3. The maximum Gasteiger partial charge on any atom is 0.290 e. The van der Waals surface area contributed by atoms with E-state index in [9.17, 15) is 10.1 Å². The Labute approximate surface area is 259 Å². The number of fused-ring (bicyclic) bond motifs is 1. The first kappa shape index (κ1) is 29.6. The standard InChI is InChI=1S/C34H43N7OS/c1-22-26(21-35)32(42)41-30(36-27(39-41)20-34(2,3)4)28(22)37-31-29(23-14-8-5-9-15-23)38-33(43-31)40(24-16-10-6-11-17-24)25-18-12-7-13-19-25/h5,8-9,14-15,24-25,28,37H,6-7,10-13,16-20H2,1-4H3. The summed E-state index contributed by atoms with van der Waals surface area (Å²) in [7, 11) is 0. The molecular formula is C34H43N7OS. The van der Waals surface area contributed by atoms with Crippen molar-refractivity contribution < 1.29 is 4.79 Å². The van der Waals surface area contributed by atoms with Crippen LogP contribution in [0.25, 0.3) is 11.3 Å². The molecule has 226 valence electrons. The van der Waals surface area contributed by atoms with Gasteiger partial charge in [0.05, 0.1) is 0 Å². The molecule has 43 heavy (non-hydrogen) atoms. The lowest BCUT2D eigenvalue weighted by molar-refractivity contribution is 0.0932. The molecule has 1 atom stereocenters. The summed E-state index contributed by atoms with van der Waals surface area (Å²) in [4.78, 5) is 26.2. The monoisotopic (exact) mass is 597 g/mol. The maximum atomic E-state index is 13.3. The summed E-state index contributed by atoms with van der Waals surface area (Å²) in [5, 5.41) is 20.3. The molecule has 3 aliphatic rings. The van der Waals surface area contributed by atoms with Crippen molar-refractivity contribution in [3.05, 3.63) is 53.1 Å². The highest BCUT2D eigenvalue weighted by molar-refractivity contribution is 7.20. The van der Waals surface area contributed by atoms with E-state index in [1.165, 1.54) is 68.9 Å². The van der Waals surface area contributed by atoms with Gasteiger partial charge in [-0.1, -0.05) is 101 Å². The molecule has 0 radical (unpaired) electrons. The molecule has 3 aromatic rings. The number of nitrogens with zero attached hydrogens (tertiary/aromatic N) is 6. The minimum absolute atomic E-state index is 0.0429. The molecule has 6 rings (SSSR count). The Morgan fingerprint density at radius 1 is 1.00 bits per heavy atom. The number of anilines is 2. The second-order valence-electron chi connectivity index (χ2n) is 13.6. The molecule has 1 N–H and O–H groups in total. The first-order valence-electron chi connectivity index (χ1n) is 16.0. The number of hydrogen-bond donors (Lipinski definition) is 1. The SMILES string of the molecule is CC1=C(C#N)C(=O)n2nc(CC(C)(C)C)nc2C1Nc1sc(N(C2CCCCC2)C2CCCCC2)nc1-c1ccccc1. The molecule has 1 aliphatic heterocycles. The van der Waals surface area contributed by atoms with Crippen molar-refractivity contribution in [2.45, 2.75) is 116 Å². The van der Waals surface area contributed by atoms with E-state index < -0.39 is 11.9 Å². The van der Waals surface area contributed by atoms with E-state index in [0.29, 0.717) is 35.7 Å². The minimum atomic E-state index is -0.470. The topological polar surface area (TPSA) is 99.7 Å². The van der Waals surface area contributed by atoms with Gasteiger partial charge in [-0.3, -0.25) is 4.79 Å². The summed E-state index contributed by atoms with van der Waals surface area (Å²) < 4.78 is 1.34. The number of carbonyl (C=O) groups excluding carboxylic acids is 1. The van der Waals surface area contributed by atoms with Crippen LogP contribution in [0, 0.1) is 16.7 Å². The predicted molar refractivity (Wildman–Crippen MR) is 172 cm³/mol. The first-order chi connectivity index (χ1) is 20.7. The molecule has 2 fully saturated rings. The summed E-state index contributed by atoms with van der Waals surface area (Å²) in [5.74, 6) is 0.740. The third kappa shape index (κ3) is 6.12. The van der Waals surface area contributed by atoms with Crippen molar-refractivity contribution in [3.8, 4) is 17.3 Å². The quantitative estimate of drug-likeness (QED) is 0.294. The molecule has 2 aromatic heterocycles. The second kappa shape index (κ2) is 12.2. The van der Waals surface area contributed by atoms with Gasteiger partial charge >= 0.3 is 0 Å². The van der Waals surface area contributed by atoms with Crippen molar-refractivity contribution in [3.63, 3.8) is 0 Å². The molecule has 2 saturated carbocycles. The predicted octanol–water partition coefficient (Wildman–Crippen LogP) is 8.11. The normalized spacial score (nSPS) is 20.2. The van der Waals surface area contributed by atoms with Gasteiger partial charge in [0.25, 0.3) is 5.91 Å². The Bertz CT molecular complexity index is 1510. The summed E-state index contributed by atoms with van der Waals surface area (Å²) in [6, 6.07) is 13.0. The molecule has 0 amide bonds. The van der Waals surface area contributed by atoms with Crippen LogP contribution in [0.15, 0.2) is 41.5 Å². The van der Waals surface area contributed by atoms with Crippen LogP contribution in [0.5, 0.6) is 0 Å². The van der Waals surface area contributed by atoms with Gasteiger partial charge in [0.15, 0.2) is 16.8 Å². The van der Waals surface area contributed by atoms with Gasteiger partial charge in [-0.25, -0.2) is 9.97 Å². The fourth-order valence-corrected chi connectivity index (χ4v) is 8.10. The molecule has 0 spiro atoms. The highest BCUT2D eigenvalue weighted by Gasteiger charge is 2.37. The number of aromatic nitrogens is 4. The van der Waals surface area contributed by atoms with Gasteiger partial charge in [-0.05, 0) is 43.6 Å². The number of nitriles is 1. The van der Waals surface area contributed by atoms with Crippen LogP contribution in [-0.2, 0) is 6.42 Å². The first-order valence-corrected chi connectivity index (χ1v) is 16.8. The number of rotatable bonds is 7. The molecule has 0 saturated heterocycles. The van der Waals surface area contributed by atoms with Gasteiger partial charge in [-0.2, -0.15) is 9.94 Å². The van der Waals surface area contributed by atoms with Gasteiger partial charge in [0.2, 0.25) is 0 Å². The molecule has 3 heterocycles. The Morgan fingerprint density at radius 3 is 2.21 bits per heavy atom. The molecule has 1 unspecified atom stereocenters. The summed E-state index contributed by atoms with van der Waals surface area (Å²) in [6.45, 7) is 8.24. The van der Waals surface area contributed by atoms with Crippen LogP contribution >= 0.6 is 11.3 Å². The Balaban J connectivity index is 1.44. The number of allylic oxidation sites excluding steroid dienone is 1. The summed E-state index contributed by atoms with van der Waals surface area (Å²) >= 11 is 1.70. The van der Waals surface area contributed by atoms with Crippen molar-refractivity contribution in [1.82, 2.24) is 19.7 Å². The van der Waals surface area contributed by atoms with Gasteiger partial charge in [-0.15, -0.1) is 5.10 Å². The lowest BCUT2D eigenvalue weighted by Crippen LogP contribution is -2.45. The highest BCUT2D eigenvalue weighted by atomic mass is 32.1. The summed E-state index contributed by atoms with van der Waals surface area (Å²) in [5.41, 5.74) is 2.69. The van der Waals surface area contributed by atoms with Crippen LogP contribution in [0.3, 0.4) is 0 Å². The van der Waals surface area contributed by atoms with Crippen LogP contribution < -0.4 is 10.2 Å². The zero-order valence-electron chi connectivity index (χ0n) is 25.9. The lowest BCUT2D eigenvalue weighted by Gasteiger charge is -2.41. The number of thiazole rings is 1. The van der Waals surface area contributed by atoms with E-state index >= 15 is 0 Å². The average Bonchev–Trinajstić information content (AvgIpc) is 3.61. The van der Waals surface area contributed by atoms with Crippen LogP contribution in [0.2, 0.25) is 0 Å². The third-order valence-corrected chi connectivity index (χ3v) is 10.1. The van der Waals surface area contributed by atoms with Crippen LogP contribution in [0.1, 0.15) is 114 Å². The Hall–Kier alpha value is -3.51. The fourth-order valence-electron chi connectivity index (χ4n) is 6.94. The zero-order chi connectivity index (χ0) is 30.1. The average molecular weight is 598 g/mol. The van der Waals surface area contributed by atoms with Crippen LogP contribution in [-0.4, -0.2) is 37.7 Å². The van der Waals surface area contributed by atoms with Gasteiger partial charge in [0, 0.05) is 24.1 Å². The molecule has 9 heteroatoms. The number of nitrogens with one attached hydrogen (secondary N) is 1. The van der Waals surface area contributed by atoms with Crippen LogP contribution in [0.4, 0.5) is 10.1 Å². The lowest BCUT2D eigenvalue weighted by atomic mass is 9.89. The number of hydrogen-bond acceptors (Lipinski definition) is 8. The van der Waals surface area contributed by atoms with E-state index in [1.807, 2.05) is 25.1 Å². The maximum absolute atomic E-state index is 13.3. The fraction of sp³-hybridized carbons (Fsp3) is 0.559. The number of carbonyl (C=O) groups is 1. The molecule has 8 nitrogen and oxygen atoms in total. The zero-order valence-corrected chi connectivity index (χ0v) is 26.7. The molecule has 1 aromatic carbocycles. The third-order valence-electron chi connectivity index (χ3n) is 9.06. The van der Waals surface area contributed by atoms with E-state index in [4.69, 9.17) is 9.97 Å². The molecule has 2 aliphatic carbocycles. The van der Waals surface area contributed by atoms with Crippen molar-refractivity contribution in [1.29, 1.82) is 5.26 Å². The van der Waals surface area contributed by atoms with E-state index in [2.05, 4.69) is 54.3 Å². The van der Waals surface area contributed by atoms with E-state index in [0.717, 1.165) is 21.4 Å². The minimum Gasteiger partial charge on any atom is -0.362 e. The smallest absolute Gasteiger partial charge is 0.290 e. The van der Waals surface area contributed by atoms with Gasteiger partial charge in [0.1, 0.15) is 28.4 Å². The molecule has 0 bridgehead atoms. The van der Waals surface area contributed by atoms with Crippen molar-refractivity contribution in [2.24, 2.45) is 5.41 Å². The Morgan fingerprint density at radius 2 is 1.63 bits per heavy atom. The molecular weight excluding hydrogens is 554 g/mol. The van der Waals surface area contributed by atoms with E-state index in [-0.39, 0.29) is 11.0 Å². The van der Waals surface area contributed by atoms with Gasteiger partial charge < -0.3 is 10.2 Å². The largest absolute Gasteiger partial charge is 0.362 e.